The molecule has 1 aromatic heterocycles. The van der Waals surface area contributed by atoms with Gasteiger partial charge in [0.1, 0.15) is 5.82 Å². The Morgan fingerprint density at radius 3 is 2.48 bits per heavy atom. The molecule has 2 N–H and O–H groups in total. The Kier molecular flexibility index (Phi) is 5.68. The molecule has 4 nitrogen and oxygen atoms in total. The van der Waals surface area contributed by atoms with Crippen LogP contribution in [0.3, 0.4) is 0 Å². The molecular weight excluding hydrogens is 435 g/mol. The van der Waals surface area contributed by atoms with Crippen LogP contribution in [0.2, 0.25) is 0 Å². The van der Waals surface area contributed by atoms with Crippen LogP contribution in [-0.4, -0.2) is 11.7 Å². The first kappa shape index (κ1) is 21.3. The summed E-state index contributed by atoms with van der Waals surface area (Å²) in [5.41, 5.74) is 4.20. The summed E-state index contributed by atoms with van der Waals surface area (Å²) in [6, 6.07) is 19.4. The molecule has 33 heavy (non-hydrogen) atoms. The molecule has 0 unspecified atom stereocenters. The number of Topliss-reactive ketones (excluding diaryl/α,β-unsaturated/α-hetero) is 1. The SMILES string of the molecule is CC1=C(C(=O)Nc2ccc(F)cc2)[C@@H](c2ccccc2)C2=C(C[C@@H](c3cccs3)CC2=O)N1. The van der Waals surface area contributed by atoms with Crippen LogP contribution >= 0.6 is 11.3 Å². The van der Waals surface area contributed by atoms with Crippen LogP contribution in [0.25, 0.3) is 0 Å². The summed E-state index contributed by atoms with van der Waals surface area (Å²) < 4.78 is 13.3. The summed E-state index contributed by atoms with van der Waals surface area (Å²) in [6.07, 6.45) is 1.16. The molecule has 0 saturated carbocycles. The Bertz CT molecular complexity index is 1260. The van der Waals surface area contributed by atoms with Gasteiger partial charge in [-0.2, -0.15) is 0 Å². The second-order valence-corrected chi connectivity index (χ2v) is 9.38. The second kappa shape index (κ2) is 8.79. The summed E-state index contributed by atoms with van der Waals surface area (Å²) in [6.45, 7) is 1.87. The lowest BCUT2D eigenvalue weighted by Gasteiger charge is -2.36. The number of benzene rings is 2. The molecule has 0 bridgehead atoms. The summed E-state index contributed by atoms with van der Waals surface area (Å²) >= 11 is 1.67. The number of carbonyl (C=O) groups is 2. The Hall–Kier alpha value is -3.51. The van der Waals surface area contributed by atoms with Crippen LogP contribution in [0.15, 0.2) is 94.7 Å². The second-order valence-electron chi connectivity index (χ2n) is 8.40. The lowest BCUT2D eigenvalue weighted by Crippen LogP contribution is -2.37. The first-order valence-electron chi connectivity index (χ1n) is 10.9. The average molecular weight is 459 g/mol. The van der Waals surface area contributed by atoms with Crippen molar-refractivity contribution in [2.75, 3.05) is 5.32 Å². The fourth-order valence-electron chi connectivity index (χ4n) is 4.78. The number of dihydropyridines is 1. The summed E-state index contributed by atoms with van der Waals surface area (Å²) in [5.74, 6) is -0.925. The van der Waals surface area contributed by atoms with Gasteiger partial charge < -0.3 is 10.6 Å². The molecule has 1 amide bonds. The van der Waals surface area contributed by atoms with Gasteiger partial charge in [0.05, 0.1) is 0 Å². The van der Waals surface area contributed by atoms with Crippen LogP contribution in [0.1, 0.15) is 42.0 Å². The monoisotopic (exact) mass is 458 g/mol. The van der Waals surface area contributed by atoms with E-state index in [1.54, 1.807) is 11.3 Å². The van der Waals surface area contributed by atoms with Crippen molar-refractivity contribution in [1.82, 2.24) is 5.32 Å². The maximum absolute atomic E-state index is 13.5. The average Bonchev–Trinajstić information content (AvgIpc) is 3.35. The Morgan fingerprint density at radius 1 is 1.03 bits per heavy atom. The predicted molar refractivity (Wildman–Crippen MR) is 128 cm³/mol. The van der Waals surface area contributed by atoms with Gasteiger partial charge in [-0.3, -0.25) is 9.59 Å². The zero-order valence-corrected chi connectivity index (χ0v) is 18.9. The number of nitrogens with one attached hydrogen (secondary N) is 2. The lowest BCUT2D eigenvalue weighted by molar-refractivity contribution is -0.116. The van der Waals surface area contributed by atoms with E-state index in [0.717, 1.165) is 23.4 Å². The fraction of sp³-hybridized carbons (Fsp3) is 0.185. The first-order valence-corrected chi connectivity index (χ1v) is 11.8. The van der Waals surface area contributed by atoms with Gasteiger partial charge in [-0.1, -0.05) is 36.4 Å². The number of ketones is 1. The van der Waals surface area contributed by atoms with Gasteiger partial charge >= 0.3 is 0 Å². The zero-order chi connectivity index (χ0) is 22.9. The van der Waals surface area contributed by atoms with Gasteiger partial charge in [0.2, 0.25) is 0 Å². The minimum atomic E-state index is -0.459. The normalized spacial score (nSPS) is 20.4. The van der Waals surface area contributed by atoms with Gasteiger partial charge in [-0.05, 0) is 54.6 Å². The highest BCUT2D eigenvalue weighted by Gasteiger charge is 2.41. The summed E-state index contributed by atoms with van der Waals surface area (Å²) in [5, 5.41) is 8.30. The largest absolute Gasteiger partial charge is 0.362 e. The lowest BCUT2D eigenvalue weighted by atomic mass is 9.72. The van der Waals surface area contributed by atoms with E-state index < -0.39 is 5.92 Å². The molecule has 6 heteroatoms. The number of carbonyl (C=O) groups excluding carboxylic acids is 2. The Labute approximate surface area is 195 Å². The standard InChI is InChI=1S/C27H23FN2O2S/c1-16-24(27(32)30-20-11-9-19(28)10-12-20)25(17-6-3-2-4-7-17)26-21(29-16)14-18(15-22(26)31)23-8-5-13-33-23/h2-13,18,25,29H,14-15H2,1H3,(H,30,32)/t18-,25-/m1/s1. The van der Waals surface area contributed by atoms with Gasteiger partial charge in [0, 0.05) is 51.4 Å². The van der Waals surface area contributed by atoms with Crippen LogP contribution in [0, 0.1) is 5.82 Å². The van der Waals surface area contributed by atoms with Gasteiger partial charge in [0.15, 0.2) is 5.78 Å². The third-order valence-corrected chi connectivity index (χ3v) is 7.29. The van der Waals surface area contributed by atoms with Crippen LogP contribution < -0.4 is 10.6 Å². The highest BCUT2D eigenvalue weighted by molar-refractivity contribution is 7.10. The molecule has 1 aliphatic carbocycles. The van der Waals surface area contributed by atoms with Crippen molar-refractivity contribution < 1.29 is 14.0 Å². The fourth-order valence-corrected chi connectivity index (χ4v) is 5.61. The zero-order valence-electron chi connectivity index (χ0n) is 18.1. The molecule has 166 valence electrons. The summed E-state index contributed by atoms with van der Waals surface area (Å²) in [4.78, 5) is 28.1. The smallest absolute Gasteiger partial charge is 0.254 e. The first-order chi connectivity index (χ1) is 16.0. The third-order valence-electron chi connectivity index (χ3n) is 6.25. The van der Waals surface area contributed by atoms with E-state index in [1.807, 2.05) is 48.7 Å². The maximum Gasteiger partial charge on any atom is 0.254 e. The number of allylic oxidation sites excluding steroid dienone is 3. The van der Waals surface area contributed by atoms with Crippen molar-refractivity contribution in [3.8, 4) is 0 Å². The van der Waals surface area contributed by atoms with Gasteiger partial charge in [0.25, 0.3) is 5.91 Å². The molecule has 3 aromatic rings. The van der Waals surface area contributed by atoms with Crippen molar-refractivity contribution in [2.45, 2.75) is 31.6 Å². The van der Waals surface area contributed by atoms with Gasteiger partial charge in [-0.15, -0.1) is 11.3 Å². The van der Waals surface area contributed by atoms with E-state index in [1.165, 1.54) is 29.1 Å². The molecular formula is C27H23FN2O2S. The molecule has 0 fully saturated rings. The van der Waals surface area contributed by atoms with Crippen molar-refractivity contribution in [3.63, 3.8) is 0 Å². The van der Waals surface area contributed by atoms with E-state index in [4.69, 9.17) is 0 Å². The maximum atomic E-state index is 13.5. The van der Waals surface area contributed by atoms with E-state index in [9.17, 15) is 14.0 Å². The Morgan fingerprint density at radius 2 is 1.79 bits per heavy atom. The van der Waals surface area contributed by atoms with Crippen LogP contribution in [0.5, 0.6) is 0 Å². The van der Waals surface area contributed by atoms with Gasteiger partial charge in [-0.25, -0.2) is 4.39 Å². The predicted octanol–water partition coefficient (Wildman–Crippen LogP) is 5.89. The molecule has 5 rings (SSSR count). The van der Waals surface area contributed by atoms with E-state index in [-0.39, 0.29) is 23.4 Å². The molecule has 0 spiro atoms. The van der Waals surface area contributed by atoms with Crippen LogP contribution in [0.4, 0.5) is 10.1 Å². The summed E-state index contributed by atoms with van der Waals surface area (Å²) in [7, 11) is 0. The molecule has 0 radical (unpaired) electrons. The number of halogens is 1. The van der Waals surface area contributed by atoms with Crippen molar-refractivity contribution >= 4 is 28.7 Å². The molecule has 1 aliphatic heterocycles. The van der Waals surface area contributed by atoms with E-state index in [2.05, 4.69) is 16.7 Å². The molecule has 2 aromatic carbocycles. The van der Waals surface area contributed by atoms with Crippen molar-refractivity contribution in [2.24, 2.45) is 0 Å². The van der Waals surface area contributed by atoms with Crippen molar-refractivity contribution in [1.29, 1.82) is 0 Å². The highest BCUT2D eigenvalue weighted by Crippen LogP contribution is 2.46. The number of hydrogen-bond donors (Lipinski definition) is 2. The minimum absolute atomic E-state index is 0.0654. The number of amides is 1. The van der Waals surface area contributed by atoms with Crippen molar-refractivity contribution in [3.05, 3.63) is 111 Å². The number of hydrogen-bond acceptors (Lipinski definition) is 4. The number of rotatable bonds is 4. The molecule has 2 aliphatic rings. The number of thiophene rings is 1. The minimum Gasteiger partial charge on any atom is -0.362 e. The molecule has 2 heterocycles. The molecule has 0 saturated heterocycles. The van der Waals surface area contributed by atoms with E-state index >= 15 is 0 Å². The highest BCUT2D eigenvalue weighted by atomic mass is 32.1. The topological polar surface area (TPSA) is 58.2 Å². The van der Waals surface area contributed by atoms with Crippen LogP contribution in [-0.2, 0) is 9.59 Å². The van der Waals surface area contributed by atoms with E-state index in [0.29, 0.717) is 23.3 Å². The Balaban J connectivity index is 1.54. The number of anilines is 1. The quantitative estimate of drug-likeness (QED) is 0.513. The third kappa shape index (κ3) is 4.14. The molecule has 2 atom stereocenters.